The predicted octanol–water partition coefficient (Wildman–Crippen LogP) is 2.38. The number of guanidine groups is 1. The Morgan fingerprint density at radius 3 is 1.86 bits per heavy atom. The highest BCUT2D eigenvalue weighted by atomic mass is 16.6. The third-order valence-corrected chi connectivity index (χ3v) is 3.85. The smallest absolute Gasteiger partial charge is 0.414 e. The van der Waals surface area contributed by atoms with Crippen molar-refractivity contribution in [3.05, 3.63) is 0 Å². The van der Waals surface area contributed by atoms with Crippen molar-refractivity contribution in [2.75, 3.05) is 19.7 Å². The Balaban J connectivity index is 4.44. The minimum Gasteiger partial charge on any atom is -0.464 e. The van der Waals surface area contributed by atoms with Gasteiger partial charge in [0.05, 0.1) is 13.0 Å². The molecule has 0 bridgehead atoms. The van der Waals surface area contributed by atoms with Gasteiger partial charge in [0.2, 0.25) is 11.9 Å². The summed E-state index contributed by atoms with van der Waals surface area (Å²) in [6, 6.07) is 0. The van der Waals surface area contributed by atoms with Crippen LogP contribution in [0.5, 0.6) is 0 Å². The largest absolute Gasteiger partial charge is 0.464 e. The zero-order valence-electron chi connectivity index (χ0n) is 22.0. The molecule has 0 saturated heterocycles. The maximum absolute atomic E-state index is 12.1. The van der Waals surface area contributed by atoms with E-state index in [2.05, 4.69) is 25.7 Å². The van der Waals surface area contributed by atoms with Gasteiger partial charge in [-0.25, -0.2) is 14.4 Å². The molecule has 0 heterocycles. The van der Waals surface area contributed by atoms with Crippen LogP contribution in [-0.4, -0.2) is 72.1 Å². The second-order valence-electron chi connectivity index (χ2n) is 9.72. The molecule has 35 heavy (non-hydrogen) atoms. The molecule has 0 saturated carbocycles. The molecule has 0 aromatic carbocycles. The number of alkyl carbamates (subject to hydrolysis) is 2. The number of aliphatic imine (C=N–C) groups is 1. The van der Waals surface area contributed by atoms with E-state index in [1.165, 1.54) is 0 Å². The predicted molar refractivity (Wildman–Crippen MR) is 130 cm³/mol. The first-order chi connectivity index (χ1) is 16.1. The van der Waals surface area contributed by atoms with Gasteiger partial charge in [0.25, 0.3) is 0 Å². The summed E-state index contributed by atoms with van der Waals surface area (Å²) in [5.74, 6) is -1.31. The first kappa shape index (κ1) is 32.1. The molecular weight excluding hydrogens is 460 g/mol. The van der Waals surface area contributed by atoms with Crippen LogP contribution in [0.1, 0.15) is 80.6 Å². The van der Waals surface area contributed by atoms with Gasteiger partial charge in [-0.05, 0) is 61.3 Å². The molecule has 1 atom stereocenters. The summed E-state index contributed by atoms with van der Waals surface area (Å²) in [5, 5.41) is 17.1. The summed E-state index contributed by atoms with van der Waals surface area (Å²) < 4.78 is 15.0. The number of hydrogen-bond acceptors (Lipinski definition) is 9. The maximum atomic E-state index is 12.1. The fourth-order valence-corrected chi connectivity index (χ4v) is 2.49. The lowest BCUT2D eigenvalue weighted by Crippen LogP contribution is -2.47. The number of unbranched alkanes of at least 4 members (excludes halogenated alkanes) is 3. The molecule has 0 aliphatic carbocycles. The molecule has 0 aliphatic heterocycles. The first-order valence-corrected chi connectivity index (χ1v) is 11.8. The fourth-order valence-electron chi connectivity index (χ4n) is 2.49. The van der Waals surface area contributed by atoms with Crippen LogP contribution >= 0.6 is 0 Å². The zero-order valence-corrected chi connectivity index (χ0v) is 22.0. The molecule has 12 nitrogen and oxygen atoms in total. The van der Waals surface area contributed by atoms with Crippen LogP contribution in [0.25, 0.3) is 0 Å². The molecule has 1 unspecified atom stereocenters. The molecule has 0 aromatic rings. The zero-order chi connectivity index (χ0) is 27.1. The molecular formula is C23H42N4O8. The number of nitrogens with zero attached hydrogens (tertiary/aromatic N) is 1. The van der Waals surface area contributed by atoms with Crippen molar-refractivity contribution >= 4 is 30.0 Å². The third-order valence-electron chi connectivity index (χ3n) is 3.85. The van der Waals surface area contributed by atoms with E-state index >= 15 is 0 Å². The Kier molecular flexibility index (Phi) is 14.6. The van der Waals surface area contributed by atoms with Gasteiger partial charge in [-0.15, -0.1) is 0 Å². The third kappa shape index (κ3) is 19.1. The van der Waals surface area contributed by atoms with Gasteiger partial charge in [-0.3, -0.25) is 20.4 Å². The Morgan fingerprint density at radius 1 is 0.857 bits per heavy atom. The second-order valence-corrected chi connectivity index (χ2v) is 9.72. The summed E-state index contributed by atoms with van der Waals surface area (Å²) in [6.07, 6.45) is -0.361. The minimum absolute atomic E-state index is 0.0686. The van der Waals surface area contributed by atoms with E-state index in [9.17, 15) is 24.3 Å². The number of hydrogen-bond donors (Lipinski definition) is 4. The van der Waals surface area contributed by atoms with E-state index in [0.717, 1.165) is 12.8 Å². The van der Waals surface area contributed by atoms with Crippen molar-refractivity contribution in [3.8, 4) is 0 Å². The van der Waals surface area contributed by atoms with Crippen molar-refractivity contribution in [1.82, 2.24) is 16.0 Å². The monoisotopic (exact) mass is 502 g/mol. The SMILES string of the molecule is CCOC(=O)C(O)CC(=O)NCCCCCCN=C(NC(=O)OC(C)(C)C)NC(=O)OC(C)(C)C. The van der Waals surface area contributed by atoms with Gasteiger partial charge < -0.3 is 24.6 Å². The highest BCUT2D eigenvalue weighted by molar-refractivity contribution is 6.01. The number of rotatable bonds is 11. The van der Waals surface area contributed by atoms with E-state index in [1.54, 1.807) is 48.5 Å². The van der Waals surface area contributed by atoms with E-state index in [-0.39, 0.29) is 19.0 Å². The Bertz CT molecular complexity index is 694. The number of aliphatic hydroxyl groups excluding tert-OH is 1. The molecule has 0 aromatic heterocycles. The Hall–Kier alpha value is -2.89. The topological polar surface area (TPSA) is 165 Å². The summed E-state index contributed by atoms with van der Waals surface area (Å²) in [4.78, 5) is 51.4. The van der Waals surface area contributed by atoms with Crippen molar-refractivity contribution < 1.29 is 38.5 Å². The van der Waals surface area contributed by atoms with Crippen molar-refractivity contribution in [3.63, 3.8) is 0 Å². The molecule has 4 N–H and O–H groups in total. The van der Waals surface area contributed by atoms with Crippen LogP contribution in [0.3, 0.4) is 0 Å². The lowest BCUT2D eigenvalue weighted by molar-refractivity contribution is -0.155. The Morgan fingerprint density at radius 2 is 1.37 bits per heavy atom. The van der Waals surface area contributed by atoms with E-state index in [1.807, 2.05) is 0 Å². The van der Waals surface area contributed by atoms with E-state index in [4.69, 9.17) is 9.47 Å². The van der Waals surface area contributed by atoms with Crippen molar-refractivity contribution in [2.24, 2.45) is 4.99 Å². The van der Waals surface area contributed by atoms with Crippen LogP contribution in [0.4, 0.5) is 9.59 Å². The molecule has 202 valence electrons. The Labute approximate surface area is 207 Å². The molecule has 0 rings (SSSR count). The molecule has 0 aliphatic rings. The van der Waals surface area contributed by atoms with Gasteiger partial charge in [-0.2, -0.15) is 0 Å². The highest BCUT2D eigenvalue weighted by Gasteiger charge is 2.21. The standard InChI is InChI=1S/C23H42N4O8/c1-8-33-18(30)16(28)15-17(29)24-13-11-9-10-12-14-25-19(26-20(31)34-22(2,3)4)27-21(32)35-23(5,6)7/h16,28H,8-15H2,1-7H3,(H,24,29)(H2,25,26,27,31,32). The number of ether oxygens (including phenoxy) is 3. The van der Waals surface area contributed by atoms with Gasteiger partial charge >= 0.3 is 18.2 Å². The summed E-state index contributed by atoms with van der Waals surface area (Å²) >= 11 is 0. The first-order valence-electron chi connectivity index (χ1n) is 11.8. The fraction of sp³-hybridized carbons (Fsp3) is 0.783. The summed E-state index contributed by atoms with van der Waals surface area (Å²) in [7, 11) is 0. The molecule has 0 spiro atoms. The van der Waals surface area contributed by atoms with Crippen LogP contribution in [0.2, 0.25) is 0 Å². The number of nitrogens with one attached hydrogen (secondary N) is 3. The maximum Gasteiger partial charge on any atom is 0.414 e. The second kappa shape index (κ2) is 15.9. The minimum atomic E-state index is -1.47. The van der Waals surface area contributed by atoms with Gasteiger partial charge in [0.15, 0.2) is 6.10 Å². The average Bonchev–Trinajstić information content (AvgIpc) is 2.66. The van der Waals surface area contributed by atoms with Crippen molar-refractivity contribution in [1.29, 1.82) is 0 Å². The lowest BCUT2D eigenvalue weighted by atomic mass is 10.2. The molecule has 12 heteroatoms. The quantitative estimate of drug-likeness (QED) is 0.110. The van der Waals surface area contributed by atoms with Gasteiger partial charge in [0, 0.05) is 13.1 Å². The van der Waals surface area contributed by atoms with Crippen LogP contribution in [0.15, 0.2) is 4.99 Å². The van der Waals surface area contributed by atoms with E-state index < -0.39 is 41.4 Å². The number of amides is 3. The van der Waals surface area contributed by atoms with Crippen LogP contribution in [-0.2, 0) is 23.8 Å². The van der Waals surface area contributed by atoms with Gasteiger partial charge in [0.1, 0.15) is 11.2 Å². The van der Waals surface area contributed by atoms with Crippen LogP contribution in [0, 0.1) is 0 Å². The number of carbonyl (C=O) groups is 4. The molecule has 3 amide bonds. The number of esters is 1. The average molecular weight is 503 g/mol. The summed E-state index contributed by atoms with van der Waals surface area (Å²) in [6.45, 7) is 12.8. The summed E-state index contributed by atoms with van der Waals surface area (Å²) in [5.41, 5.74) is -1.43. The number of aliphatic hydroxyl groups is 1. The number of carbonyl (C=O) groups excluding carboxylic acids is 4. The molecule has 0 radical (unpaired) electrons. The molecule has 0 fully saturated rings. The van der Waals surface area contributed by atoms with E-state index in [0.29, 0.717) is 25.9 Å². The van der Waals surface area contributed by atoms with Crippen molar-refractivity contribution in [2.45, 2.75) is 97.9 Å². The lowest BCUT2D eigenvalue weighted by Gasteiger charge is -2.22. The van der Waals surface area contributed by atoms with Gasteiger partial charge in [-0.1, -0.05) is 12.8 Å². The van der Waals surface area contributed by atoms with Crippen LogP contribution < -0.4 is 16.0 Å². The highest BCUT2D eigenvalue weighted by Crippen LogP contribution is 2.08. The normalized spacial score (nSPS) is 12.1.